The zero-order valence-electron chi connectivity index (χ0n) is 13.8. The number of anilines is 2. The SMILES string of the molecule is COc1ccc(NC(=O)C(C)(C)c2ccc(N)cc2)cc1OC. The van der Waals surface area contributed by atoms with Crippen molar-refractivity contribution in [1.29, 1.82) is 0 Å². The smallest absolute Gasteiger partial charge is 0.234 e. The zero-order valence-corrected chi connectivity index (χ0v) is 13.8. The van der Waals surface area contributed by atoms with Crippen LogP contribution in [0.4, 0.5) is 11.4 Å². The molecule has 0 saturated heterocycles. The number of amides is 1. The lowest BCUT2D eigenvalue weighted by molar-refractivity contribution is -0.120. The summed E-state index contributed by atoms with van der Waals surface area (Å²) >= 11 is 0. The minimum absolute atomic E-state index is 0.116. The number of methoxy groups -OCH3 is 2. The number of hydrogen-bond acceptors (Lipinski definition) is 4. The molecular formula is C18H22N2O3. The number of benzene rings is 2. The van der Waals surface area contributed by atoms with Gasteiger partial charge in [-0.2, -0.15) is 0 Å². The van der Waals surface area contributed by atoms with Gasteiger partial charge in [0, 0.05) is 17.4 Å². The van der Waals surface area contributed by atoms with Crippen LogP contribution in [0.2, 0.25) is 0 Å². The standard InChI is InChI=1S/C18H22N2O3/c1-18(2,12-5-7-13(19)8-6-12)17(21)20-14-9-10-15(22-3)16(11-14)23-4/h5-11H,19H2,1-4H3,(H,20,21). The second-order valence-electron chi connectivity index (χ2n) is 5.77. The molecule has 0 fully saturated rings. The van der Waals surface area contributed by atoms with Crippen LogP contribution in [0.5, 0.6) is 11.5 Å². The summed E-state index contributed by atoms with van der Waals surface area (Å²) < 4.78 is 10.4. The van der Waals surface area contributed by atoms with E-state index < -0.39 is 5.41 Å². The number of rotatable bonds is 5. The third-order valence-electron chi connectivity index (χ3n) is 3.84. The van der Waals surface area contributed by atoms with E-state index in [4.69, 9.17) is 15.2 Å². The molecule has 0 aliphatic rings. The average molecular weight is 314 g/mol. The maximum Gasteiger partial charge on any atom is 0.234 e. The highest BCUT2D eigenvalue weighted by Crippen LogP contribution is 2.31. The second kappa shape index (κ2) is 6.60. The van der Waals surface area contributed by atoms with E-state index in [1.54, 1.807) is 44.6 Å². The van der Waals surface area contributed by atoms with Gasteiger partial charge in [-0.15, -0.1) is 0 Å². The molecule has 0 aromatic heterocycles. The number of nitrogens with one attached hydrogen (secondary N) is 1. The predicted molar refractivity (Wildman–Crippen MR) is 92.1 cm³/mol. The molecule has 0 spiro atoms. The molecule has 2 aromatic carbocycles. The van der Waals surface area contributed by atoms with Gasteiger partial charge in [-0.3, -0.25) is 4.79 Å². The van der Waals surface area contributed by atoms with Crippen LogP contribution in [0.15, 0.2) is 42.5 Å². The minimum Gasteiger partial charge on any atom is -0.493 e. The van der Waals surface area contributed by atoms with Crippen LogP contribution in [-0.4, -0.2) is 20.1 Å². The van der Waals surface area contributed by atoms with Gasteiger partial charge in [0.25, 0.3) is 0 Å². The van der Waals surface area contributed by atoms with Crippen molar-refractivity contribution in [3.8, 4) is 11.5 Å². The van der Waals surface area contributed by atoms with Crippen molar-refractivity contribution in [1.82, 2.24) is 0 Å². The number of hydrogen-bond donors (Lipinski definition) is 2. The summed E-state index contributed by atoms with van der Waals surface area (Å²) in [5.41, 5.74) is 7.22. The Labute approximate surface area is 136 Å². The molecule has 2 aromatic rings. The van der Waals surface area contributed by atoms with E-state index in [0.29, 0.717) is 22.9 Å². The third kappa shape index (κ3) is 3.56. The molecule has 5 heteroatoms. The van der Waals surface area contributed by atoms with E-state index in [-0.39, 0.29) is 5.91 Å². The number of carbonyl (C=O) groups excluding carboxylic acids is 1. The summed E-state index contributed by atoms with van der Waals surface area (Å²) in [7, 11) is 3.13. The highest BCUT2D eigenvalue weighted by Gasteiger charge is 2.29. The molecule has 2 rings (SSSR count). The summed E-state index contributed by atoms with van der Waals surface area (Å²) in [4.78, 5) is 12.7. The lowest BCUT2D eigenvalue weighted by Gasteiger charge is -2.24. The van der Waals surface area contributed by atoms with Gasteiger partial charge < -0.3 is 20.5 Å². The van der Waals surface area contributed by atoms with E-state index >= 15 is 0 Å². The number of nitrogens with two attached hydrogens (primary N) is 1. The van der Waals surface area contributed by atoms with Crippen LogP contribution in [-0.2, 0) is 10.2 Å². The summed E-state index contributed by atoms with van der Waals surface area (Å²) in [5, 5.41) is 2.92. The monoisotopic (exact) mass is 314 g/mol. The van der Waals surface area contributed by atoms with Crippen molar-refractivity contribution < 1.29 is 14.3 Å². The molecule has 3 N–H and O–H groups in total. The zero-order chi connectivity index (χ0) is 17.0. The molecule has 23 heavy (non-hydrogen) atoms. The molecule has 0 heterocycles. The molecule has 0 radical (unpaired) electrons. The third-order valence-corrected chi connectivity index (χ3v) is 3.84. The highest BCUT2D eigenvalue weighted by atomic mass is 16.5. The number of nitrogen functional groups attached to an aromatic ring is 1. The first-order valence-electron chi connectivity index (χ1n) is 7.28. The first-order chi connectivity index (χ1) is 10.9. The maximum atomic E-state index is 12.7. The normalized spacial score (nSPS) is 11.0. The number of carbonyl (C=O) groups is 1. The Hall–Kier alpha value is -2.69. The van der Waals surface area contributed by atoms with E-state index in [1.807, 2.05) is 26.0 Å². The van der Waals surface area contributed by atoms with Crippen molar-refractivity contribution in [3.05, 3.63) is 48.0 Å². The van der Waals surface area contributed by atoms with Crippen molar-refractivity contribution in [2.24, 2.45) is 0 Å². The van der Waals surface area contributed by atoms with Gasteiger partial charge >= 0.3 is 0 Å². The molecule has 1 amide bonds. The fourth-order valence-electron chi connectivity index (χ4n) is 2.23. The fourth-order valence-corrected chi connectivity index (χ4v) is 2.23. The molecule has 122 valence electrons. The van der Waals surface area contributed by atoms with Gasteiger partial charge in [0.2, 0.25) is 5.91 Å². The molecule has 0 saturated carbocycles. The first kappa shape index (κ1) is 16.7. The van der Waals surface area contributed by atoms with E-state index in [9.17, 15) is 4.79 Å². The van der Waals surface area contributed by atoms with E-state index in [0.717, 1.165) is 5.56 Å². The molecule has 0 bridgehead atoms. The van der Waals surface area contributed by atoms with E-state index in [2.05, 4.69) is 5.32 Å². The van der Waals surface area contributed by atoms with Crippen LogP contribution in [0, 0.1) is 0 Å². The summed E-state index contributed by atoms with van der Waals surface area (Å²) in [6, 6.07) is 12.6. The topological polar surface area (TPSA) is 73.6 Å². The van der Waals surface area contributed by atoms with Crippen LogP contribution in [0.3, 0.4) is 0 Å². The maximum absolute atomic E-state index is 12.7. The first-order valence-corrected chi connectivity index (χ1v) is 7.28. The molecule has 5 nitrogen and oxygen atoms in total. The minimum atomic E-state index is -0.694. The second-order valence-corrected chi connectivity index (χ2v) is 5.77. The van der Waals surface area contributed by atoms with Crippen LogP contribution >= 0.6 is 0 Å². The van der Waals surface area contributed by atoms with Crippen molar-refractivity contribution in [2.45, 2.75) is 19.3 Å². The van der Waals surface area contributed by atoms with Gasteiger partial charge in [0.1, 0.15) is 0 Å². The van der Waals surface area contributed by atoms with Crippen molar-refractivity contribution in [2.75, 3.05) is 25.3 Å². The van der Waals surface area contributed by atoms with Gasteiger partial charge in [-0.05, 0) is 43.7 Å². The van der Waals surface area contributed by atoms with Gasteiger partial charge in [0.05, 0.1) is 19.6 Å². The van der Waals surface area contributed by atoms with Gasteiger partial charge in [-0.25, -0.2) is 0 Å². The van der Waals surface area contributed by atoms with Crippen LogP contribution < -0.4 is 20.5 Å². The fraction of sp³-hybridized carbons (Fsp3) is 0.278. The van der Waals surface area contributed by atoms with Crippen LogP contribution in [0.1, 0.15) is 19.4 Å². The average Bonchev–Trinajstić information content (AvgIpc) is 2.55. The molecule has 0 aliphatic heterocycles. The Morgan fingerprint density at radius 2 is 1.61 bits per heavy atom. The van der Waals surface area contributed by atoms with Crippen molar-refractivity contribution >= 4 is 17.3 Å². The molecule has 0 aliphatic carbocycles. The number of ether oxygens (including phenoxy) is 2. The molecule has 0 unspecified atom stereocenters. The highest BCUT2D eigenvalue weighted by molar-refractivity contribution is 5.98. The summed E-state index contributed by atoms with van der Waals surface area (Å²) in [5.74, 6) is 1.06. The largest absolute Gasteiger partial charge is 0.493 e. The van der Waals surface area contributed by atoms with Crippen LogP contribution in [0.25, 0.3) is 0 Å². The Morgan fingerprint density at radius 3 is 2.17 bits per heavy atom. The van der Waals surface area contributed by atoms with Gasteiger partial charge in [-0.1, -0.05) is 12.1 Å². The lowest BCUT2D eigenvalue weighted by atomic mass is 9.83. The predicted octanol–water partition coefficient (Wildman–Crippen LogP) is 3.20. The Morgan fingerprint density at radius 1 is 1.00 bits per heavy atom. The van der Waals surface area contributed by atoms with Crippen molar-refractivity contribution in [3.63, 3.8) is 0 Å². The van der Waals surface area contributed by atoms with Gasteiger partial charge in [0.15, 0.2) is 11.5 Å². The summed E-state index contributed by atoms with van der Waals surface area (Å²) in [6.45, 7) is 3.74. The Kier molecular flexibility index (Phi) is 4.79. The lowest BCUT2D eigenvalue weighted by Crippen LogP contribution is -2.34. The quantitative estimate of drug-likeness (QED) is 0.831. The Balaban J connectivity index is 2.22. The Bertz CT molecular complexity index is 694. The van der Waals surface area contributed by atoms with E-state index in [1.165, 1.54) is 0 Å². The summed E-state index contributed by atoms with van der Waals surface area (Å²) in [6.07, 6.45) is 0. The molecular weight excluding hydrogens is 292 g/mol. The molecule has 0 atom stereocenters.